The molecule has 168 valence electrons. The monoisotopic (exact) mass is 439 g/mol. The quantitative estimate of drug-likeness (QED) is 0.148. The number of aliphatic carboxylic acids is 2. The number of phenolic OH excluding ortho intramolecular Hbond substituents is 1. The van der Waals surface area contributed by atoms with Crippen LogP contribution in [0, 0.1) is 0 Å². The van der Waals surface area contributed by atoms with Crippen molar-refractivity contribution in [2.75, 3.05) is 11.1 Å². The lowest BCUT2D eigenvalue weighted by molar-refractivity contribution is -0.138. The summed E-state index contributed by atoms with van der Waals surface area (Å²) >= 11 is 1.42. The molecule has 0 radical (unpaired) electrons. The Morgan fingerprint density at radius 3 is 1.90 bits per heavy atom. The van der Waals surface area contributed by atoms with E-state index >= 15 is 0 Å². The van der Waals surface area contributed by atoms with Crippen molar-refractivity contribution in [1.29, 1.82) is 0 Å². The first-order valence-corrected chi connectivity index (χ1v) is 11.6. The van der Waals surface area contributed by atoms with Crippen LogP contribution in [-0.2, 0) is 14.4 Å². The van der Waals surface area contributed by atoms with Crippen molar-refractivity contribution in [1.82, 2.24) is 0 Å². The summed E-state index contributed by atoms with van der Waals surface area (Å²) in [5.74, 6) is -0.935. The lowest BCUT2D eigenvalue weighted by Crippen LogP contribution is -2.11. The van der Waals surface area contributed by atoms with Crippen LogP contribution in [0.25, 0.3) is 0 Å². The highest BCUT2D eigenvalue weighted by Crippen LogP contribution is 2.31. The molecule has 0 spiro atoms. The highest BCUT2D eigenvalue weighted by Gasteiger charge is 2.09. The molecule has 1 aromatic carbocycles. The van der Waals surface area contributed by atoms with Crippen LogP contribution in [0.4, 0.5) is 5.69 Å². The first-order valence-electron chi connectivity index (χ1n) is 10.6. The number of anilines is 1. The number of carboxylic acid groups (broad SMARTS) is 2. The molecule has 0 aliphatic heterocycles. The van der Waals surface area contributed by atoms with Crippen molar-refractivity contribution in [3.63, 3.8) is 0 Å². The summed E-state index contributed by atoms with van der Waals surface area (Å²) in [6, 6.07) is 4.77. The van der Waals surface area contributed by atoms with Crippen molar-refractivity contribution in [3.05, 3.63) is 18.2 Å². The molecule has 0 saturated heterocycles. The SMILES string of the molecule is O=C(O)CCCCCCCCCCC(=O)Nc1ccc(O)cc1SCCCC(=O)O. The van der Waals surface area contributed by atoms with Gasteiger partial charge in [0.1, 0.15) is 5.75 Å². The highest BCUT2D eigenvalue weighted by molar-refractivity contribution is 7.99. The molecule has 4 N–H and O–H groups in total. The molecule has 0 heterocycles. The van der Waals surface area contributed by atoms with Crippen LogP contribution in [0.15, 0.2) is 23.1 Å². The Bertz CT molecular complexity index is 680. The number of benzene rings is 1. The zero-order valence-electron chi connectivity index (χ0n) is 17.4. The lowest BCUT2D eigenvalue weighted by atomic mass is 10.1. The molecule has 0 aliphatic rings. The third kappa shape index (κ3) is 13.1. The van der Waals surface area contributed by atoms with Crippen molar-refractivity contribution in [2.24, 2.45) is 0 Å². The number of amides is 1. The Morgan fingerprint density at radius 1 is 0.767 bits per heavy atom. The van der Waals surface area contributed by atoms with Crippen molar-refractivity contribution < 1.29 is 29.7 Å². The summed E-state index contributed by atoms with van der Waals surface area (Å²) in [7, 11) is 0. The Morgan fingerprint density at radius 2 is 1.30 bits per heavy atom. The van der Waals surface area contributed by atoms with Crippen LogP contribution in [0.5, 0.6) is 5.75 Å². The largest absolute Gasteiger partial charge is 0.508 e. The van der Waals surface area contributed by atoms with Crippen LogP contribution in [-0.4, -0.2) is 38.9 Å². The number of carbonyl (C=O) groups excluding carboxylic acids is 1. The first kappa shape index (κ1) is 25.8. The number of rotatable bonds is 17. The minimum absolute atomic E-state index is 0.0678. The topological polar surface area (TPSA) is 124 Å². The third-order valence-corrected chi connectivity index (χ3v) is 5.72. The van der Waals surface area contributed by atoms with Gasteiger partial charge in [-0.3, -0.25) is 14.4 Å². The summed E-state index contributed by atoms with van der Waals surface area (Å²) in [6.45, 7) is 0. The molecule has 7 nitrogen and oxygen atoms in total. The second-order valence-electron chi connectivity index (χ2n) is 7.30. The van der Waals surface area contributed by atoms with E-state index in [9.17, 15) is 19.5 Å². The third-order valence-electron chi connectivity index (χ3n) is 4.58. The van der Waals surface area contributed by atoms with Gasteiger partial charge in [0.15, 0.2) is 0 Å². The maximum Gasteiger partial charge on any atom is 0.303 e. The van der Waals surface area contributed by atoms with E-state index in [-0.39, 0.29) is 24.5 Å². The van der Waals surface area contributed by atoms with Gasteiger partial charge in [0.2, 0.25) is 5.91 Å². The van der Waals surface area contributed by atoms with Gasteiger partial charge in [-0.1, -0.05) is 38.5 Å². The number of hydrogen-bond acceptors (Lipinski definition) is 5. The van der Waals surface area contributed by atoms with E-state index in [1.165, 1.54) is 17.8 Å². The van der Waals surface area contributed by atoms with E-state index in [0.717, 1.165) is 56.3 Å². The Kier molecular flexibility index (Phi) is 13.4. The molecule has 30 heavy (non-hydrogen) atoms. The molecule has 0 aromatic heterocycles. The molecule has 0 bridgehead atoms. The molecular formula is C22H33NO6S. The predicted octanol–water partition coefficient (Wildman–Crippen LogP) is 5.27. The van der Waals surface area contributed by atoms with Crippen molar-refractivity contribution in [2.45, 2.75) is 81.9 Å². The first-order chi connectivity index (χ1) is 14.4. The standard InChI is InChI=1S/C22H33NO6S/c24-17-13-14-18(19(16-17)30-15-9-12-22(28)29)23-20(25)10-7-5-3-1-2-4-6-8-11-21(26)27/h13-14,16,24H,1-12,15H2,(H,23,25)(H,26,27)(H,28,29). The fourth-order valence-electron chi connectivity index (χ4n) is 2.97. The number of carbonyl (C=O) groups is 3. The minimum atomic E-state index is -0.835. The minimum Gasteiger partial charge on any atom is -0.508 e. The number of thioether (sulfide) groups is 1. The van der Waals surface area contributed by atoms with Gasteiger partial charge in [0, 0.05) is 24.2 Å². The zero-order valence-corrected chi connectivity index (χ0v) is 18.2. The van der Waals surface area contributed by atoms with E-state index in [1.54, 1.807) is 12.1 Å². The van der Waals surface area contributed by atoms with Gasteiger partial charge in [-0.25, -0.2) is 0 Å². The summed E-state index contributed by atoms with van der Waals surface area (Å²) in [4.78, 5) is 34.0. The second kappa shape index (κ2) is 15.6. The van der Waals surface area contributed by atoms with Crippen LogP contribution in [0.3, 0.4) is 0 Å². The number of aromatic hydroxyl groups is 1. The molecule has 0 unspecified atom stereocenters. The number of carboxylic acids is 2. The molecule has 8 heteroatoms. The van der Waals surface area contributed by atoms with Gasteiger partial charge >= 0.3 is 11.9 Å². The van der Waals surface area contributed by atoms with Crippen molar-refractivity contribution in [3.8, 4) is 5.75 Å². The lowest BCUT2D eigenvalue weighted by Gasteiger charge is -2.11. The van der Waals surface area contributed by atoms with E-state index in [1.807, 2.05) is 0 Å². The summed E-state index contributed by atoms with van der Waals surface area (Å²) in [5, 5.41) is 29.9. The molecule has 0 atom stereocenters. The van der Waals surface area contributed by atoms with E-state index in [2.05, 4.69) is 5.32 Å². The Labute approximate surface area is 182 Å². The van der Waals surface area contributed by atoms with Crippen LogP contribution >= 0.6 is 11.8 Å². The van der Waals surface area contributed by atoms with Crippen molar-refractivity contribution >= 4 is 35.3 Å². The molecular weight excluding hydrogens is 406 g/mol. The van der Waals surface area contributed by atoms with Gasteiger partial charge < -0.3 is 20.6 Å². The average Bonchev–Trinajstić information content (AvgIpc) is 2.68. The van der Waals surface area contributed by atoms with Gasteiger partial charge in [-0.2, -0.15) is 0 Å². The van der Waals surface area contributed by atoms with E-state index in [0.29, 0.717) is 24.3 Å². The highest BCUT2D eigenvalue weighted by atomic mass is 32.2. The fraction of sp³-hybridized carbons (Fsp3) is 0.591. The van der Waals surface area contributed by atoms with Gasteiger partial charge in [0.05, 0.1) is 5.69 Å². The van der Waals surface area contributed by atoms with E-state index < -0.39 is 11.9 Å². The molecule has 1 amide bonds. The van der Waals surface area contributed by atoms with Gasteiger partial charge in [-0.15, -0.1) is 11.8 Å². The fourth-order valence-corrected chi connectivity index (χ4v) is 3.96. The van der Waals surface area contributed by atoms with Crippen LogP contribution in [0.2, 0.25) is 0 Å². The summed E-state index contributed by atoms with van der Waals surface area (Å²) in [5.41, 5.74) is 0.638. The number of hydrogen-bond donors (Lipinski definition) is 4. The smallest absolute Gasteiger partial charge is 0.303 e. The Hall–Kier alpha value is -2.22. The number of unbranched alkanes of at least 4 members (excludes halogenated alkanes) is 7. The molecule has 0 fully saturated rings. The average molecular weight is 440 g/mol. The molecule has 1 aromatic rings. The normalized spacial score (nSPS) is 10.7. The van der Waals surface area contributed by atoms with Crippen LogP contribution < -0.4 is 5.32 Å². The van der Waals surface area contributed by atoms with Crippen LogP contribution in [0.1, 0.15) is 77.0 Å². The number of nitrogens with one attached hydrogen (secondary N) is 1. The Balaban J connectivity index is 2.21. The number of phenols is 1. The predicted molar refractivity (Wildman–Crippen MR) is 118 cm³/mol. The molecule has 0 aliphatic carbocycles. The molecule has 1 rings (SSSR count). The van der Waals surface area contributed by atoms with Gasteiger partial charge in [0.25, 0.3) is 0 Å². The maximum absolute atomic E-state index is 12.2. The summed E-state index contributed by atoms with van der Waals surface area (Å²) in [6.07, 6.45) is 9.10. The molecule has 0 saturated carbocycles. The maximum atomic E-state index is 12.2. The van der Waals surface area contributed by atoms with Gasteiger partial charge in [-0.05, 0) is 43.2 Å². The van der Waals surface area contributed by atoms with E-state index in [4.69, 9.17) is 10.2 Å². The summed E-state index contributed by atoms with van der Waals surface area (Å²) < 4.78 is 0. The second-order valence-corrected chi connectivity index (χ2v) is 8.43. The zero-order chi connectivity index (χ0) is 22.2.